The van der Waals surface area contributed by atoms with Crippen molar-refractivity contribution in [2.24, 2.45) is 5.73 Å². The summed E-state index contributed by atoms with van der Waals surface area (Å²) in [5.74, 6) is -1.64. The van der Waals surface area contributed by atoms with Crippen LogP contribution in [0.1, 0.15) is 11.3 Å². The van der Waals surface area contributed by atoms with Crippen LogP contribution in [0.5, 0.6) is 0 Å². The zero-order chi connectivity index (χ0) is 20.5. The van der Waals surface area contributed by atoms with Crippen molar-refractivity contribution in [2.75, 3.05) is 0 Å². The first kappa shape index (κ1) is 18.2. The predicted molar refractivity (Wildman–Crippen MR) is 102 cm³/mol. The Bertz CT molecular complexity index is 1170. The molecule has 2 aromatic heterocycles. The van der Waals surface area contributed by atoms with E-state index in [4.69, 9.17) is 10.2 Å². The van der Waals surface area contributed by atoms with Crippen molar-refractivity contribution in [1.82, 2.24) is 14.8 Å². The Kier molecular flexibility index (Phi) is 4.47. The lowest BCUT2D eigenvalue weighted by molar-refractivity contribution is -0.130. The maximum absolute atomic E-state index is 12.9. The van der Waals surface area contributed by atoms with E-state index in [0.717, 1.165) is 15.8 Å². The number of barbiturate groups is 1. The number of rotatable bonds is 5. The Labute approximate surface area is 164 Å². The molecule has 1 saturated heterocycles. The molecule has 9 nitrogen and oxygen atoms in total. The Hall–Kier alpha value is -4.14. The Morgan fingerprint density at radius 2 is 1.93 bits per heavy atom. The highest BCUT2D eigenvalue weighted by Crippen LogP contribution is 2.25. The summed E-state index contributed by atoms with van der Waals surface area (Å²) in [6, 6.07) is 9.65. The molecular weight excluding hydrogens is 376 g/mol. The number of benzene rings is 1. The number of urea groups is 1. The van der Waals surface area contributed by atoms with Crippen LogP contribution in [0.4, 0.5) is 4.79 Å². The summed E-state index contributed by atoms with van der Waals surface area (Å²) in [5, 5.41) is 2.90. The molecule has 0 unspecified atom stereocenters. The molecule has 146 valence electrons. The lowest BCUT2D eigenvalue weighted by atomic mass is 10.1. The van der Waals surface area contributed by atoms with Crippen molar-refractivity contribution in [3.8, 4) is 0 Å². The van der Waals surface area contributed by atoms with Crippen molar-refractivity contribution in [3.05, 3.63) is 65.8 Å². The van der Waals surface area contributed by atoms with E-state index in [0.29, 0.717) is 11.3 Å². The second-order valence-corrected chi connectivity index (χ2v) is 6.48. The lowest BCUT2D eigenvalue weighted by Crippen LogP contribution is -2.53. The number of nitrogens with one attached hydrogen (secondary N) is 1. The van der Waals surface area contributed by atoms with Crippen LogP contribution < -0.4 is 11.1 Å². The van der Waals surface area contributed by atoms with Gasteiger partial charge in [0.1, 0.15) is 17.9 Å². The molecule has 0 spiro atoms. The molecule has 3 heterocycles. The number of imide groups is 2. The number of carbonyl (C=O) groups is 4. The van der Waals surface area contributed by atoms with Gasteiger partial charge in [-0.3, -0.25) is 24.6 Å². The van der Waals surface area contributed by atoms with Gasteiger partial charge in [0.2, 0.25) is 5.91 Å². The van der Waals surface area contributed by atoms with Crippen LogP contribution in [0.3, 0.4) is 0 Å². The molecule has 0 radical (unpaired) electrons. The summed E-state index contributed by atoms with van der Waals surface area (Å²) < 4.78 is 6.83. The molecule has 1 aliphatic heterocycles. The standard InChI is InChI=1S/C20H16N4O5/c21-17(25)11-23-9-12(14-5-1-2-6-16(14)23)8-15-18(26)22-20(28)24(19(15)27)10-13-4-3-7-29-13/h1-9H,10-11H2,(H2,21,25)(H,22,26,28)/b15-8+. The maximum Gasteiger partial charge on any atom is 0.331 e. The number of nitrogens with two attached hydrogens (primary N) is 1. The first-order valence-corrected chi connectivity index (χ1v) is 8.71. The van der Waals surface area contributed by atoms with Gasteiger partial charge in [-0.1, -0.05) is 18.2 Å². The predicted octanol–water partition coefficient (Wildman–Crippen LogP) is 1.38. The highest BCUT2D eigenvalue weighted by atomic mass is 16.3. The Morgan fingerprint density at radius 3 is 2.66 bits per heavy atom. The number of hydrogen-bond donors (Lipinski definition) is 2. The highest BCUT2D eigenvalue weighted by Gasteiger charge is 2.36. The smallest absolute Gasteiger partial charge is 0.331 e. The SMILES string of the molecule is NC(=O)Cn1cc(/C=C2\C(=O)NC(=O)N(Cc3ccco3)C2=O)c2ccccc21. The topological polar surface area (TPSA) is 128 Å². The zero-order valence-corrected chi connectivity index (χ0v) is 15.1. The molecule has 0 aliphatic carbocycles. The summed E-state index contributed by atoms with van der Waals surface area (Å²) >= 11 is 0. The van der Waals surface area contributed by atoms with Gasteiger partial charge in [-0.05, 0) is 24.3 Å². The van der Waals surface area contributed by atoms with Gasteiger partial charge >= 0.3 is 6.03 Å². The third-order valence-corrected chi connectivity index (χ3v) is 4.53. The van der Waals surface area contributed by atoms with E-state index < -0.39 is 23.8 Å². The number of nitrogens with zero attached hydrogens (tertiary/aromatic N) is 2. The minimum absolute atomic E-state index is 0.0487. The monoisotopic (exact) mass is 392 g/mol. The van der Waals surface area contributed by atoms with Crippen molar-refractivity contribution in [2.45, 2.75) is 13.1 Å². The van der Waals surface area contributed by atoms with Gasteiger partial charge in [0, 0.05) is 22.7 Å². The maximum atomic E-state index is 12.9. The van der Waals surface area contributed by atoms with E-state index in [1.807, 2.05) is 0 Å². The molecule has 0 bridgehead atoms. The molecule has 1 fully saturated rings. The van der Waals surface area contributed by atoms with E-state index in [1.54, 1.807) is 47.2 Å². The Balaban J connectivity index is 1.74. The van der Waals surface area contributed by atoms with Crippen LogP contribution >= 0.6 is 0 Å². The molecule has 29 heavy (non-hydrogen) atoms. The van der Waals surface area contributed by atoms with Crippen LogP contribution in [-0.4, -0.2) is 33.2 Å². The van der Waals surface area contributed by atoms with Crippen molar-refractivity contribution in [3.63, 3.8) is 0 Å². The molecule has 9 heteroatoms. The van der Waals surface area contributed by atoms with E-state index in [1.165, 1.54) is 12.3 Å². The van der Waals surface area contributed by atoms with Gasteiger partial charge in [0.05, 0.1) is 12.8 Å². The Morgan fingerprint density at radius 1 is 1.14 bits per heavy atom. The largest absolute Gasteiger partial charge is 0.467 e. The fraction of sp³-hybridized carbons (Fsp3) is 0.100. The molecule has 0 atom stereocenters. The molecule has 1 aliphatic rings. The van der Waals surface area contributed by atoms with Gasteiger partial charge in [0.25, 0.3) is 11.8 Å². The molecule has 4 rings (SSSR count). The van der Waals surface area contributed by atoms with Gasteiger partial charge < -0.3 is 14.7 Å². The van der Waals surface area contributed by atoms with Gasteiger partial charge in [-0.2, -0.15) is 0 Å². The summed E-state index contributed by atoms with van der Waals surface area (Å²) in [4.78, 5) is 49.6. The van der Waals surface area contributed by atoms with Crippen LogP contribution in [0.2, 0.25) is 0 Å². The fourth-order valence-electron chi connectivity index (χ4n) is 3.24. The number of furan rings is 1. The van der Waals surface area contributed by atoms with Crippen molar-refractivity contribution < 1.29 is 23.6 Å². The van der Waals surface area contributed by atoms with Crippen LogP contribution in [-0.2, 0) is 27.5 Å². The van der Waals surface area contributed by atoms with E-state index in [2.05, 4.69) is 5.32 Å². The van der Waals surface area contributed by atoms with E-state index in [-0.39, 0.29) is 18.7 Å². The number of carbonyl (C=O) groups excluding carboxylic acids is 4. The lowest BCUT2D eigenvalue weighted by Gasteiger charge is -2.25. The molecule has 3 N–H and O–H groups in total. The third kappa shape index (κ3) is 3.41. The van der Waals surface area contributed by atoms with Gasteiger partial charge in [0.15, 0.2) is 0 Å². The summed E-state index contributed by atoms with van der Waals surface area (Å²) in [6.07, 6.45) is 4.46. The first-order valence-electron chi connectivity index (χ1n) is 8.71. The van der Waals surface area contributed by atoms with Crippen molar-refractivity contribution in [1.29, 1.82) is 0 Å². The number of hydrogen-bond acceptors (Lipinski definition) is 5. The van der Waals surface area contributed by atoms with Crippen LogP contribution in [0.15, 0.2) is 58.8 Å². The second-order valence-electron chi connectivity index (χ2n) is 6.48. The quantitative estimate of drug-likeness (QED) is 0.501. The molecule has 3 aromatic rings. The molecule has 0 saturated carbocycles. The molecular formula is C20H16N4O5. The number of aromatic nitrogens is 1. The summed E-state index contributed by atoms with van der Waals surface area (Å²) in [5.41, 5.74) is 6.38. The van der Waals surface area contributed by atoms with Gasteiger partial charge in [-0.25, -0.2) is 4.79 Å². The summed E-state index contributed by atoms with van der Waals surface area (Å²) in [6.45, 7) is -0.154. The minimum atomic E-state index is -0.815. The van der Waals surface area contributed by atoms with Crippen molar-refractivity contribution >= 4 is 40.7 Å². The van der Waals surface area contributed by atoms with Gasteiger partial charge in [-0.15, -0.1) is 0 Å². The average Bonchev–Trinajstić information content (AvgIpc) is 3.30. The van der Waals surface area contributed by atoms with Crippen LogP contribution in [0, 0.1) is 0 Å². The first-order chi connectivity index (χ1) is 13.9. The molecule has 1 aromatic carbocycles. The second kappa shape index (κ2) is 7.12. The third-order valence-electron chi connectivity index (χ3n) is 4.53. The zero-order valence-electron chi connectivity index (χ0n) is 15.1. The highest BCUT2D eigenvalue weighted by molar-refractivity contribution is 6.31. The minimum Gasteiger partial charge on any atom is -0.467 e. The van der Waals surface area contributed by atoms with Crippen LogP contribution in [0.25, 0.3) is 17.0 Å². The van der Waals surface area contributed by atoms with E-state index >= 15 is 0 Å². The summed E-state index contributed by atoms with van der Waals surface area (Å²) in [7, 11) is 0. The normalized spacial score (nSPS) is 15.9. The number of amides is 5. The van der Waals surface area contributed by atoms with E-state index in [9.17, 15) is 19.2 Å². The number of primary amides is 1. The number of para-hydroxylation sites is 1. The number of fused-ring (bicyclic) bond motifs is 1. The average molecular weight is 392 g/mol. The molecule has 5 amide bonds. The fourth-order valence-corrected chi connectivity index (χ4v) is 3.24.